The van der Waals surface area contributed by atoms with E-state index in [-0.39, 0.29) is 24.2 Å². The Morgan fingerprint density at radius 3 is 2.89 bits per heavy atom. The lowest BCUT2D eigenvalue weighted by Gasteiger charge is -2.23. The van der Waals surface area contributed by atoms with E-state index in [4.69, 9.17) is 5.73 Å². The number of guanidine groups is 1. The minimum atomic E-state index is -2.81. The van der Waals surface area contributed by atoms with Crippen LogP contribution in [0.4, 0.5) is 8.78 Å². The van der Waals surface area contributed by atoms with E-state index >= 15 is 0 Å². The number of hydrogen-bond acceptors (Lipinski definition) is 4. The first-order valence-electron chi connectivity index (χ1n) is 5.26. The maximum Gasteiger partial charge on any atom is 0.387 e. The van der Waals surface area contributed by atoms with E-state index in [1.165, 1.54) is 6.07 Å². The van der Waals surface area contributed by atoms with Gasteiger partial charge in [0, 0.05) is 6.54 Å². The molecule has 0 saturated heterocycles. The molecule has 7 heteroatoms. The van der Waals surface area contributed by atoms with Gasteiger partial charge in [0.2, 0.25) is 0 Å². The third-order valence-corrected chi connectivity index (χ3v) is 2.51. The van der Waals surface area contributed by atoms with Crippen LogP contribution < -0.4 is 15.8 Å². The van der Waals surface area contributed by atoms with E-state index in [9.17, 15) is 8.78 Å². The van der Waals surface area contributed by atoms with Crippen molar-refractivity contribution in [2.45, 2.75) is 19.1 Å². The zero-order valence-electron chi connectivity index (χ0n) is 9.48. The molecule has 0 spiro atoms. The Hall–Kier alpha value is -1.56. The summed E-state index contributed by atoms with van der Waals surface area (Å²) < 4.78 is 28.5. The lowest BCUT2D eigenvalue weighted by atomic mass is 10.0. The topological polar surface area (TPSA) is 59.6 Å². The SMILES string of the molecule is Cl.NC1=NCCC(c2cccc(OC(F)F)c2)N1. The average molecular weight is 278 g/mol. The molecule has 0 bridgehead atoms. The summed E-state index contributed by atoms with van der Waals surface area (Å²) in [7, 11) is 0. The Bertz CT molecular complexity index is 429. The molecule has 1 aromatic rings. The number of rotatable bonds is 3. The van der Waals surface area contributed by atoms with Gasteiger partial charge in [-0.1, -0.05) is 12.1 Å². The Morgan fingerprint density at radius 1 is 1.44 bits per heavy atom. The molecule has 1 aliphatic rings. The first-order chi connectivity index (χ1) is 8.15. The number of benzene rings is 1. The van der Waals surface area contributed by atoms with Crippen molar-refractivity contribution in [1.82, 2.24) is 5.32 Å². The summed E-state index contributed by atoms with van der Waals surface area (Å²) in [5, 5.41) is 3.00. The predicted molar refractivity (Wildman–Crippen MR) is 67.3 cm³/mol. The minimum Gasteiger partial charge on any atom is -0.435 e. The molecule has 4 nitrogen and oxygen atoms in total. The first-order valence-corrected chi connectivity index (χ1v) is 5.26. The number of alkyl halides is 2. The summed E-state index contributed by atoms with van der Waals surface area (Å²) in [6, 6.07) is 6.60. The second kappa shape index (κ2) is 6.39. The second-order valence-electron chi connectivity index (χ2n) is 3.70. The van der Waals surface area contributed by atoms with E-state index in [2.05, 4.69) is 15.0 Å². The van der Waals surface area contributed by atoms with Gasteiger partial charge in [0.1, 0.15) is 5.75 Å². The van der Waals surface area contributed by atoms with Gasteiger partial charge in [0.25, 0.3) is 0 Å². The molecule has 1 unspecified atom stereocenters. The highest BCUT2D eigenvalue weighted by Gasteiger charge is 2.16. The summed E-state index contributed by atoms with van der Waals surface area (Å²) in [4.78, 5) is 4.01. The largest absolute Gasteiger partial charge is 0.435 e. The van der Waals surface area contributed by atoms with Crippen LogP contribution in [0.25, 0.3) is 0 Å². The zero-order valence-corrected chi connectivity index (χ0v) is 10.3. The highest BCUT2D eigenvalue weighted by Crippen LogP contribution is 2.24. The van der Waals surface area contributed by atoms with Gasteiger partial charge in [-0.2, -0.15) is 8.78 Å². The normalized spacial score (nSPS) is 18.6. The van der Waals surface area contributed by atoms with Crippen molar-refractivity contribution in [3.8, 4) is 5.75 Å². The molecule has 0 saturated carbocycles. The number of aliphatic imine (C=N–C) groups is 1. The number of nitrogens with two attached hydrogens (primary N) is 1. The van der Waals surface area contributed by atoms with E-state index in [0.717, 1.165) is 12.0 Å². The molecule has 1 atom stereocenters. The van der Waals surface area contributed by atoms with Crippen molar-refractivity contribution < 1.29 is 13.5 Å². The van der Waals surface area contributed by atoms with E-state index in [0.29, 0.717) is 12.5 Å². The molecule has 18 heavy (non-hydrogen) atoms. The molecule has 1 heterocycles. The molecule has 0 aliphatic carbocycles. The fourth-order valence-electron chi connectivity index (χ4n) is 1.77. The molecule has 2 rings (SSSR count). The Labute approximate surface area is 110 Å². The molecule has 100 valence electrons. The van der Waals surface area contributed by atoms with Crippen molar-refractivity contribution in [1.29, 1.82) is 0 Å². The van der Waals surface area contributed by atoms with Gasteiger partial charge in [0.15, 0.2) is 5.96 Å². The average Bonchev–Trinajstić information content (AvgIpc) is 2.28. The Kier molecular flexibility index (Phi) is 5.15. The minimum absolute atomic E-state index is 0. The second-order valence-corrected chi connectivity index (χ2v) is 3.70. The van der Waals surface area contributed by atoms with Gasteiger partial charge in [-0.25, -0.2) is 0 Å². The van der Waals surface area contributed by atoms with Crippen molar-refractivity contribution in [2.75, 3.05) is 6.54 Å². The summed E-state index contributed by atoms with van der Waals surface area (Å²) >= 11 is 0. The standard InChI is InChI=1S/C11H13F2N3O.ClH/c12-10(13)17-8-3-1-2-7(6-8)9-4-5-15-11(14)16-9;/h1-3,6,9-10H,4-5H2,(H3,14,15,16);1H. The zero-order chi connectivity index (χ0) is 12.3. The Balaban J connectivity index is 0.00000162. The van der Waals surface area contributed by atoms with Gasteiger partial charge in [-0.05, 0) is 24.1 Å². The molecule has 0 radical (unpaired) electrons. The molecule has 0 amide bonds. The molecular formula is C11H14ClF2N3O. The fraction of sp³-hybridized carbons (Fsp3) is 0.364. The molecular weight excluding hydrogens is 264 g/mol. The van der Waals surface area contributed by atoms with Crippen LogP contribution in [-0.4, -0.2) is 19.1 Å². The van der Waals surface area contributed by atoms with Crippen molar-refractivity contribution >= 4 is 18.4 Å². The van der Waals surface area contributed by atoms with E-state index in [1.54, 1.807) is 12.1 Å². The third-order valence-electron chi connectivity index (χ3n) is 2.51. The summed E-state index contributed by atoms with van der Waals surface area (Å²) in [6.07, 6.45) is 0.777. The van der Waals surface area contributed by atoms with Crippen LogP contribution in [0.3, 0.4) is 0 Å². The first kappa shape index (κ1) is 14.5. The third kappa shape index (κ3) is 3.73. The summed E-state index contributed by atoms with van der Waals surface area (Å²) in [5.74, 6) is 0.529. The van der Waals surface area contributed by atoms with Crippen molar-refractivity contribution in [3.05, 3.63) is 29.8 Å². The Morgan fingerprint density at radius 2 is 2.22 bits per heavy atom. The smallest absolute Gasteiger partial charge is 0.387 e. The van der Waals surface area contributed by atoms with Crippen molar-refractivity contribution in [2.24, 2.45) is 10.7 Å². The number of nitrogens with one attached hydrogen (secondary N) is 1. The molecule has 3 N–H and O–H groups in total. The lowest BCUT2D eigenvalue weighted by Crippen LogP contribution is -2.38. The van der Waals surface area contributed by atoms with Crippen LogP contribution in [-0.2, 0) is 0 Å². The number of hydrogen-bond donors (Lipinski definition) is 2. The van der Waals surface area contributed by atoms with Gasteiger partial charge in [-0.3, -0.25) is 4.99 Å². The monoisotopic (exact) mass is 277 g/mol. The van der Waals surface area contributed by atoms with E-state index < -0.39 is 6.61 Å². The van der Waals surface area contributed by atoms with Crippen LogP contribution in [0.5, 0.6) is 5.75 Å². The van der Waals surface area contributed by atoms with Crippen LogP contribution in [0.2, 0.25) is 0 Å². The maximum atomic E-state index is 12.1. The molecule has 0 aromatic heterocycles. The predicted octanol–water partition coefficient (Wildman–Crippen LogP) is 2.06. The summed E-state index contributed by atoms with van der Waals surface area (Å²) in [6.45, 7) is -2.18. The molecule has 1 aliphatic heterocycles. The number of halogens is 3. The van der Waals surface area contributed by atoms with Crippen LogP contribution in [0.15, 0.2) is 29.3 Å². The van der Waals surface area contributed by atoms with Gasteiger partial charge >= 0.3 is 6.61 Å². The maximum absolute atomic E-state index is 12.1. The summed E-state index contributed by atoms with van der Waals surface area (Å²) in [5.41, 5.74) is 6.43. The lowest BCUT2D eigenvalue weighted by molar-refractivity contribution is -0.0499. The quantitative estimate of drug-likeness (QED) is 0.889. The molecule has 1 aromatic carbocycles. The van der Waals surface area contributed by atoms with Crippen LogP contribution in [0, 0.1) is 0 Å². The van der Waals surface area contributed by atoms with E-state index in [1.807, 2.05) is 6.07 Å². The highest BCUT2D eigenvalue weighted by molar-refractivity contribution is 5.85. The van der Waals surface area contributed by atoms with Crippen LogP contribution in [0.1, 0.15) is 18.0 Å². The fourth-order valence-corrected chi connectivity index (χ4v) is 1.77. The highest BCUT2D eigenvalue weighted by atomic mass is 35.5. The molecule has 0 fully saturated rings. The number of ether oxygens (including phenoxy) is 1. The van der Waals surface area contributed by atoms with Gasteiger partial charge in [-0.15, -0.1) is 12.4 Å². The van der Waals surface area contributed by atoms with Gasteiger partial charge < -0.3 is 15.8 Å². The van der Waals surface area contributed by atoms with Crippen LogP contribution >= 0.6 is 12.4 Å². The van der Waals surface area contributed by atoms with Gasteiger partial charge in [0.05, 0.1) is 6.04 Å². The van der Waals surface area contributed by atoms with Crippen molar-refractivity contribution in [3.63, 3.8) is 0 Å². The number of nitrogens with zero attached hydrogens (tertiary/aromatic N) is 1.